The lowest BCUT2D eigenvalue weighted by Gasteiger charge is -2.16. The first kappa shape index (κ1) is 13.3. The van der Waals surface area contributed by atoms with Crippen LogP contribution in [0.1, 0.15) is 59.3 Å². The molecule has 0 aromatic heterocycles. The Balaban J connectivity index is 0.000000249. The lowest BCUT2D eigenvalue weighted by atomic mass is 10.0. The summed E-state index contributed by atoms with van der Waals surface area (Å²) in [5.74, 6) is 0. The highest BCUT2D eigenvalue weighted by Crippen LogP contribution is 2.15. The van der Waals surface area contributed by atoms with Crippen LogP contribution in [0.15, 0.2) is 0 Å². The summed E-state index contributed by atoms with van der Waals surface area (Å²) in [5.41, 5.74) is 4.26. The van der Waals surface area contributed by atoms with Gasteiger partial charge in [-0.05, 0) is 20.8 Å². The maximum Gasteiger partial charge on any atom is 0.405 e. The summed E-state index contributed by atoms with van der Waals surface area (Å²) >= 11 is 0. The molecule has 0 bridgehead atoms. The summed E-state index contributed by atoms with van der Waals surface area (Å²) in [5, 5.41) is 0. The predicted molar refractivity (Wildman–Crippen MR) is 58.1 cm³/mol. The van der Waals surface area contributed by atoms with Crippen LogP contribution in [-0.4, -0.2) is 11.7 Å². The number of rotatable bonds is 0. The van der Waals surface area contributed by atoms with Gasteiger partial charge in [-0.25, -0.2) is 4.79 Å². The fourth-order valence-corrected chi connectivity index (χ4v) is 1.36. The number of carbonyl (C=O) groups is 1. The third-order valence-corrected chi connectivity index (χ3v) is 1.91. The monoisotopic (exact) mass is 201 g/mol. The minimum Gasteiger partial charge on any atom is -0.444 e. The van der Waals surface area contributed by atoms with Crippen LogP contribution in [0, 0.1) is 0 Å². The molecule has 1 aliphatic carbocycles. The Morgan fingerprint density at radius 1 is 1.00 bits per heavy atom. The van der Waals surface area contributed by atoms with E-state index >= 15 is 0 Å². The highest BCUT2D eigenvalue weighted by Gasteiger charge is 2.12. The number of carbonyl (C=O) groups excluding carboxylic acids is 1. The lowest BCUT2D eigenvalue weighted by molar-refractivity contribution is 0.0600. The van der Waals surface area contributed by atoms with Crippen LogP contribution >= 0.6 is 0 Å². The van der Waals surface area contributed by atoms with Crippen molar-refractivity contribution in [3.05, 3.63) is 0 Å². The van der Waals surface area contributed by atoms with Gasteiger partial charge < -0.3 is 10.5 Å². The minimum absolute atomic E-state index is 0.453. The van der Waals surface area contributed by atoms with E-state index in [1.54, 1.807) is 20.8 Å². The molecule has 14 heavy (non-hydrogen) atoms. The number of hydrogen-bond donors (Lipinski definition) is 1. The van der Waals surface area contributed by atoms with E-state index in [-0.39, 0.29) is 0 Å². The zero-order valence-electron chi connectivity index (χ0n) is 9.64. The molecule has 1 fully saturated rings. The molecular formula is C11H23NO2. The summed E-state index contributed by atoms with van der Waals surface area (Å²) in [4.78, 5) is 10.0. The number of ether oxygens (including phenoxy) is 1. The van der Waals surface area contributed by atoms with Gasteiger partial charge in [0.1, 0.15) is 5.60 Å². The van der Waals surface area contributed by atoms with E-state index in [1.165, 1.54) is 38.5 Å². The Labute approximate surface area is 87.0 Å². The largest absolute Gasteiger partial charge is 0.444 e. The third-order valence-electron chi connectivity index (χ3n) is 1.91. The van der Waals surface area contributed by atoms with Crippen molar-refractivity contribution < 1.29 is 9.53 Å². The highest BCUT2D eigenvalue weighted by atomic mass is 16.6. The van der Waals surface area contributed by atoms with E-state index in [2.05, 4.69) is 4.74 Å². The fraction of sp³-hybridized carbons (Fsp3) is 0.909. The molecule has 84 valence electrons. The maximum absolute atomic E-state index is 10.0. The van der Waals surface area contributed by atoms with Crippen molar-refractivity contribution in [2.45, 2.75) is 64.9 Å². The van der Waals surface area contributed by atoms with Gasteiger partial charge in [0.2, 0.25) is 0 Å². The summed E-state index contributed by atoms with van der Waals surface area (Å²) in [6.45, 7) is 5.28. The van der Waals surface area contributed by atoms with Gasteiger partial charge >= 0.3 is 6.09 Å². The average molecular weight is 201 g/mol. The third kappa shape index (κ3) is 11.3. The average Bonchev–Trinajstić information content (AvgIpc) is 2.03. The first-order chi connectivity index (χ1) is 6.42. The van der Waals surface area contributed by atoms with Crippen molar-refractivity contribution in [1.82, 2.24) is 0 Å². The standard InChI is InChI=1S/C6H12.C5H11NO2/c1-2-4-6-5-3-1;1-5(2,3)8-4(6)7/h1-6H2;1-3H3,(H2,6,7). The minimum atomic E-state index is -0.725. The molecule has 1 amide bonds. The van der Waals surface area contributed by atoms with Crippen molar-refractivity contribution in [2.75, 3.05) is 0 Å². The van der Waals surface area contributed by atoms with Crippen LogP contribution in [0.5, 0.6) is 0 Å². The van der Waals surface area contributed by atoms with Gasteiger partial charge in [-0.2, -0.15) is 0 Å². The number of hydrogen-bond acceptors (Lipinski definition) is 2. The quantitative estimate of drug-likeness (QED) is 0.654. The molecule has 0 aromatic carbocycles. The van der Waals surface area contributed by atoms with Crippen molar-refractivity contribution in [3.8, 4) is 0 Å². The Kier molecular flexibility index (Phi) is 6.34. The Bertz CT molecular complexity index is 146. The van der Waals surface area contributed by atoms with Crippen molar-refractivity contribution in [3.63, 3.8) is 0 Å². The predicted octanol–water partition coefficient (Wildman–Crippen LogP) is 3.22. The molecule has 1 saturated carbocycles. The van der Waals surface area contributed by atoms with Crippen molar-refractivity contribution >= 4 is 6.09 Å². The summed E-state index contributed by atoms with van der Waals surface area (Å²) in [7, 11) is 0. The lowest BCUT2D eigenvalue weighted by Crippen LogP contribution is -2.27. The SMILES string of the molecule is C1CCCCC1.CC(C)(C)OC(N)=O. The molecule has 2 N–H and O–H groups in total. The molecule has 1 rings (SSSR count). The topological polar surface area (TPSA) is 52.3 Å². The van der Waals surface area contributed by atoms with Crippen LogP contribution in [-0.2, 0) is 4.74 Å². The Hall–Kier alpha value is -0.730. The Morgan fingerprint density at radius 2 is 1.29 bits per heavy atom. The van der Waals surface area contributed by atoms with Gasteiger partial charge in [0.15, 0.2) is 0 Å². The zero-order valence-corrected chi connectivity index (χ0v) is 9.64. The van der Waals surface area contributed by atoms with E-state index in [1.807, 2.05) is 0 Å². The number of nitrogens with two attached hydrogens (primary N) is 1. The maximum atomic E-state index is 10.0. The summed E-state index contributed by atoms with van der Waals surface area (Å²) in [6, 6.07) is 0. The van der Waals surface area contributed by atoms with E-state index in [4.69, 9.17) is 5.73 Å². The van der Waals surface area contributed by atoms with Crippen LogP contribution in [0.2, 0.25) is 0 Å². The molecule has 0 atom stereocenters. The second kappa shape index (κ2) is 6.68. The van der Waals surface area contributed by atoms with Crippen molar-refractivity contribution in [2.24, 2.45) is 5.73 Å². The van der Waals surface area contributed by atoms with Gasteiger partial charge in [-0.3, -0.25) is 0 Å². The van der Waals surface area contributed by atoms with E-state index in [9.17, 15) is 4.79 Å². The highest BCUT2D eigenvalue weighted by molar-refractivity contribution is 5.65. The molecule has 0 spiro atoms. The van der Waals surface area contributed by atoms with Crippen molar-refractivity contribution in [1.29, 1.82) is 0 Å². The van der Waals surface area contributed by atoms with Crippen LogP contribution in [0.25, 0.3) is 0 Å². The molecule has 3 nitrogen and oxygen atoms in total. The molecule has 1 aliphatic rings. The zero-order chi connectivity index (χ0) is 11.0. The number of primary amides is 1. The van der Waals surface area contributed by atoms with E-state index in [0.29, 0.717) is 0 Å². The van der Waals surface area contributed by atoms with Crippen LogP contribution in [0.4, 0.5) is 4.79 Å². The molecule has 0 aliphatic heterocycles. The molecule has 3 heteroatoms. The van der Waals surface area contributed by atoms with Crippen LogP contribution < -0.4 is 5.73 Å². The molecule has 0 unspecified atom stereocenters. The van der Waals surface area contributed by atoms with Gasteiger partial charge in [-0.1, -0.05) is 38.5 Å². The first-order valence-corrected chi connectivity index (χ1v) is 5.40. The normalized spacial score (nSPS) is 16.5. The van der Waals surface area contributed by atoms with Gasteiger partial charge in [0.05, 0.1) is 0 Å². The number of amides is 1. The van der Waals surface area contributed by atoms with E-state index < -0.39 is 11.7 Å². The molecule has 0 saturated heterocycles. The van der Waals surface area contributed by atoms with Crippen LogP contribution in [0.3, 0.4) is 0 Å². The second-order valence-corrected chi connectivity index (χ2v) is 4.65. The van der Waals surface area contributed by atoms with E-state index in [0.717, 1.165) is 0 Å². The second-order valence-electron chi connectivity index (χ2n) is 4.65. The molecule has 0 radical (unpaired) electrons. The van der Waals surface area contributed by atoms with Gasteiger partial charge in [0, 0.05) is 0 Å². The molecule has 0 heterocycles. The molecule has 0 aromatic rings. The summed E-state index contributed by atoms with van der Waals surface area (Å²) < 4.78 is 4.58. The fourth-order valence-electron chi connectivity index (χ4n) is 1.36. The van der Waals surface area contributed by atoms with Gasteiger partial charge in [-0.15, -0.1) is 0 Å². The molecular weight excluding hydrogens is 178 g/mol. The summed E-state index contributed by atoms with van der Waals surface area (Å²) in [6.07, 6.45) is 8.28. The van der Waals surface area contributed by atoms with Gasteiger partial charge in [0.25, 0.3) is 0 Å². The Morgan fingerprint density at radius 3 is 1.36 bits per heavy atom. The smallest absolute Gasteiger partial charge is 0.405 e. The first-order valence-electron chi connectivity index (χ1n) is 5.40.